The number of oxazole rings is 1. The molecular formula is C34H35N3O6S. The number of methoxy groups -OCH3 is 1. The summed E-state index contributed by atoms with van der Waals surface area (Å²) in [6.07, 6.45) is 6.21. The van der Waals surface area contributed by atoms with Crippen LogP contribution in [0.3, 0.4) is 0 Å². The van der Waals surface area contributed by atoms with E-state index in [-0.39, 0.29) is 23.6 Å². The lowest BCUT2D eigenvalue weighted by atomic mass is 9.98. The van der Waals surface area contributed by atoms with E-state index >= 15 is 0 Å². The summed E-state index contributed by atoms with van der Waals surface area (Å²) in [4.78, 5) is 34.5. The van der Waals surface area contributed by atoms with Crippen LogP contribution in [-0.4, -0.2) is 40.5 Å². The smallest absolute Gasteiger partial charge is 0.336 e. The second-order valence-electron chi connectivity index (χ2n) is 11.9. The van der Waals surface area contributed by atoms with Crippen molar-refractivity contribution >= 4 is 21.6 Å². The molecule has 1 atom stereocenters. The van der Waals surface area contributed by atoms with Gasteiger partial charge in [-0.2, -0.15) is 0 Å². The summed E-state index contributed by atoms with van der Waals surface area (Å²) in [5, 5.41) is 0.468. The number of para-hydroxylation sites is 1. The Morgan fingerprint density at radius 3 is 2.64 bits per heavy atom. The fourth-order valence-electron chi connectivity index (χ4n) is 6.13. The highest BCUT2D eigenvalue weighted by Gasteiger charge is 2.39. The molecule has 2 fully saturated rings. The molecule has 5 aromatic rings. The zero-order valence-corrected chi connectivity index (χ0v) is 25.9. The third-order valence-corrected chi connectivity index (χ3v) is 10.3. The number of rotatable bonds is 9. The van der Waals surface area contributed by atoms with E-state index in [2.05, 4.69) is 18.0 Å². The van der Waals surface area contributed by atoms with E-state index in [0.717, 1.165) is 42.4 Å². The van der Waals surface area contributed by atoms with Crippen molar-refractivity contribution in [1.82, 2.24) is 14.1 Å². The van der Waals surface area contributed by atoms with Crippen molar-refractivity contribution < 1.29 is 18.6 Å². The van der Waals surface area contributed by atoms with Crippen molar-refractivity contribution in [3.63, 3.8) is 0 Å². The Balaban J connectivity index is 1.44. The van der Waals surface area contributed by atoms with Gasteiger partial charge >= 0.3 is 5.69 Å². The molecular weight excluding hydrogens is 578 g/mol. The maximum atomic E-state index is 14.6. The van der Waals surface area contributed by atoms with Gasteiger partial charge < -0.3 is 18.6 Å². The number of aryl methyl sites for hydroxylation is 1. The lowest BCUT2D eigenvalue weighted by molar-refractivity contribution is -0.0752. The molecule has 0 unspecified atom stereocenters. The number of thiophene rings is 1. The third kappa shape index (κ3) is 5.10. The highest BCUT2D eigenvalue weighted by atomic mass is 32.1. The Morgan fingerprint density at radius 1 is 1.11 bits per heavy atom. The van der Waals surface area contributed by atoms with Crippen molar-refractivity contribution in [3.05, 3.63) is 98.5 Å². The molecule has 9 nitrogen and oxygen atoms in total. The molecule has 2 aromatic carbocycles. The number of hydrogen-bond acceptors (Lipinski definition) is 8. The van der Waals surface area contributed by atoms with Crippen LogP contribution in [0.2, 0.25) is 0 Å². The zero-order chi connectivity index (χ0) is 30.4. The molecule has 7 rings (SSSR count). The average molecular weight is 614 g/mol. The quantitative estimate of drug-likeness (QED) is 0.196. The van der Waals surface area contributed by atoms with E-state index in [1.54, 1.807) is 17.9 Å². The SMILES string of the molecule is COc1ccccc1[C@H](Cn1c(=O)n(-c2cccc(C3(C)CC3)c2)c(=O)c2c(C)c(-c3ncco3)sc21)OC1CCOCC1. The molecule has 1 aliphatic carbocycles. The van der Waals surface area contributed by atoms with Crippen molar-refractivity contribution in [2.75, 3.05) is 20.3 Å². The van der Waals surface area contributed by atoms with Crippen molar-refractivity contribution in [1.29, 1.82) is 0 Å². The summed E-state index contributed by atoms with van der Waals surface area (Å²) in [7, 11) is 1.63. The molecule has 0 N–H and O–H groups in total. The number of benzene rings is 2. The van der Waals surface area contributed by atoms with Gasteiger partial charge in [0.2, 0.25) is 5.89 Å². The molecule has 0 bridgehead atoms. The molecule has 2 aliphatic rings. The summed E-state index contributed by atoms with van der Waals surface area (Å²) in [5.74, 6) is 1.09. The van der Waals surface area contributed by atoms with E-state index in [1.165, 1.54) is 22.2 Å². The van der Waals surface area contributed by atoms with E-state index in [9.17, 15) is 9.59 Å². The first-order valence-corrected chi connectivity index (χ1v) is 15.9. The predicted octanol–water partition coefficient (Wildman–Crippen LogP) is 6.17. The van der Waals surface area contributed by atoms with E-state index in [0.29, 0.717) is 45.6 Å². The van der Waals surface area contributed by atoms with E-state index < -0.39 is 11.8 Å². The van der Waals surface area contributed by atoms with E-state index in [1.807, 2.05) is 49.4 Å². The second-order valence-corrected chi connectivity index (χ2v) is 12.9. The van der Waals surface area contributed by atoms with Crippen molar-refractivity contribution in [2.45, 2.75) is 63.7 Å². The number of ether oxygens (including phenoxy) is 3. The minimum Gasteiger partial charge on any atom is -0.496 e. The number of hydrogen-bond donors (Lipinski definition) is 0. The van der Waals surface area contributed by atoms with Crippen LogP contribution in [0.15, 0.2) is 75.0 Å². The minimum absolute atomic E-state index is 0.0420. The first-order valence-electron chi connectivity index (χ1n) is 15.0. The van der Waals surface area contributed by atoms with Gasteiger partial charge in [0.05, 0.1) is 41.9 Å². The molecule has 3 aromatic heterocycles. The summed E-state index contributed by atoms with van der Waals surface area (Å²) >= 11 is 1.34. The summed E-state index contributed by atoms with van der Waals surface area (Å²) in [6.45, 7) is 5.52. The van der Waals surface area contributed by atoms with Crippen LogP contribution in [0.1, 0.15) is 55.4 Å². The number of aromatic nitrogens is 3. The lowest BCUT2D eigenvalue weighted by Crippen LogP contribution is -2.40. The minimum atomic E-state index is -0.523. The van der Waals surface area contributed by atoms with Crippen LogP contribution in [0.5, 0.6) is 5.75 Å². The van der Waals surface area contributed by atoms with Crippen LogP contribution in [0.4, 0.5) is 0 Å². The molecule has 0 amide bonds. The van der Waals surface area contributed by atoms with Gasteiger partial charge in [0.15, 0.2) is 0 Å². The molecule has 44 heavy (non-hydrogen) atoms. The molecule has 1 aliphatic heterocycles. The maximum absolute atomic E-state index is 14.6. The molecule has 0 spiro atoms. The highest BCUT2D eigenvalue weighted by molar-refractivity contribution is 7.22. The van der Waals surface area contributed by atoms with Gasteiger partial charge in [-0.1, -0.05) is 37.3 Å². The molecule has 10 heteroatoms. The Morgan fingerprint density at radius 2 is 1.91 bits per heavy atom. The zero-order valence-electron chi connectivity index (χ0n) is 25.1. The summed E-state index contributed by atoms with van der Waals surface area (Å²) in [6, 6.07) is 15.6. The average Bonchev–Trinajstić information content (AvgIpc) is 3.41. The molecule has 1 saturated carbocycles. The van der Waals surface area contributed by atoms with Gasteiger partial charge in [-0.05, 0) is 67.3 Å². The van der Waals surface area contributed by atoms with Crippen molar-refractivity contribution in [3.8, 4) is 22.2 Å². The largest absolute Gasteiger partial charge is 0.496 e. The summed E-state index contributed by atoms with van der Waals surface area (Å²) < 4.78 is 26.7. The van der Waals surface area contributed by atoms with Crippen LogP contribution in [0, 0.1) is 6.92 Å². The van der Waals surface area contributed by atoms with Gasteiger partial charge in [0, 0.05) is 18.8 Å². The first kappa shape index (κ1) is 28.8. The first-order chi connectivity index (χ1) is 21.4. The maximum Gasteiger partial charge on any atom is 0.336 e. The van der Waals surface area contributed by atoms with Crippen molar-refractivity contribution in [2.24, 2.45) is 0 Å². The Hall–Kier alpha value is -3.99. The second kappa shape index (κ2) is 11.5. The molecule has 4 heterocycles. The molecule has 228 valence electrons. The normalized spacial score (nSPS) is 17.2. The standard InChI is InChI=1S/C34H35N3O6S/c1-21-28-31(38)37(23-8-6-7-22(19-23)34(2)13-14-34)33(39)36(32(28)44-29(21)30-35-15-18-42-30)20-27(43-24-11-16-41-17-12-24)25-9-4-5-10-26(25)40-3/h4-10,15,18-19,24,27H,11-14,16-17,20H2,1-3H3/t27-/m0/s1. The predicted molar refractivity (Wildman–Crippen MR) is 169 cm³/mol. The van der Waals surface area contributed by atoms with Gasteiger partial charge in [0.25, 0.3) is 5.56 Å². The number of nitrogens with zero attached hydrogens (tertiary/aromatic N) is 3. The third-order valence-electron chi connectivity index (χ3n) is 9.00. The van der Waals surface area contributed by atoms with Gasteiger partial charge in [-0.3, -0.25) is 9.36 Å². The van der Waals surface area contributed by atoms with Gasteiger partial charge in [0.1, 0.15) is 22.9 Å². The fourth-order valence-corrected chi connectivity index (χ4v) is 7.37. The topological polar surface area (TPSA) is 97.7 Å². The van der Waals surface area contributed by atoms with Crippen LogP contribution in [-0.2, 0) is 21.4 Å². The Labute approximate surface area is 258 Å². The lowest BCUT2D eigenvalue weighted by Gasteiger charge is -2.29. The Bertz CT molecular complexity index is 1930. The van der Waals surface area contributed by atoms with Crippen LogP contribution >= 0.6 is 11.3 Å². The molecule has 0 radical (unpaired) electrons. The monoisotopic (exact) mass is 613 g/mol. The Kier molecular flexibility index (Phi) is 7.52. The van der Waals surface area contributed by atoms with Gasteiger partial charge in [-0.25, -0.2) is 14.3 Å². The van der Waals surface area contributed by atoms with Gasteiger partial charge in [-0.15, -0.1) is 11.3 Å². The fraction of sp³-hybridized carbons (Fsp3) is 0.382. The summed E-state index contributed by atoms with van der Waals surface area (Å²) in [5.41, 5.74) is 2.55. The molecule has 1 saturated heterocycles. The van der Waals surface area contributed by atoms with Crippen LogP contribution < -0.4 is 16.0 Å². The highest BCUT2D eigenvalue weighted by Crippen LogP contribution is 2.47. The number of fused-ring (bicyclic) bond motifs is 1. The van der Waals surface area contributed by atoms with Crippen LogP contribution in [0.25, 0.3) is 26.7 Å². The van der Waals surface area contributed by atoms with E-state index in [4.69, 9.17) is 18.6 Å².